The van der Waals surface area contributed by atoms with Gasteiger partial charge in [0.25, 0.3) is 0 Å². The minimum atomic E-state index is -0.271. The molecular weight excluding hydrogens is 469 g/mol. The quantitative estimate of drug-likeness (QED) is 0.358. The Bertz CT molecular complexity index is 1160. The van der Waals surface area contributed by atoms with Crippen LogP contribution in [0.5, 0.6) is 0 Å². The van der Waals surface area contributed by atoms with Gasteiger partial charge in [-0.2, -0.15) is 0 Å². The van der Waals surface area contributed by atoms with Gasteiger partial charge < -0.3 is 16.0 Å². The van der Waals surface area contributed by atoms with Crippen molar-refractivity contribution in [1.29, 1.82) is 0 Å². The summed E-state index contributed by atoms with van der Waals surface area (Å²) < 4.78 is 15.8. The molecular formula is C31H37ClFN3. The van der Waals surface area contributed by atoms with Crippen molar-refractivity contribution in [2.45, 2.75) is 51.5 Å². The molecule has 36 heavy (non-hydrogen) atoms. The molecule has 3 aliphatic rings. The fourth-order valence-corrected chi connectivity index (χ4v) is 6.89. The lowest BCUT2D eigenvalue weighted by atomic mass is 9.69. The van der Waals surface area contributed by atoms with Crippen molar-refractivity contribution in [1.82, 2.24) is 5.32 Å². The van der Waals surface area contributed by atoms with Crippen LogP contribution in [0.25, 0.3) is 0 Å². The van der Waals surface area contributed by atoms with E-state index in [-0.39, 0.29) is 17.3 Å². The Kier molecular flexibility index (Phi) is 7.55. The number of hydrogen-bond donors (Lipinski definition) is 3. The Morgan fingerprint density at radius 3 is 2.61 bits per heavy atom. The van der Waals surface area contributed by atoms with Crippen LogP contribution >= 0.6 is 11.6 Å². The molecule has 1 spiro atoms. The number of halogens is 2. The van der Waals surface area contributed by atoms with Gasteiger partial charge in [-0.3, -0.25) is 0 Å². The normalized spacial score (nSPS) is 25.6. The molecule has 3 nitrogen and oxygen atoms in total. The van der Waals surface area contributed by atoms with Crippen LogP contribution in [0.4, 0.5) is 15.8 Å². The maximum absolute atomic E-state index is 15.8. The zero-order chi connectivity index (χ0) is 25.1. The van der Waals surface area contributed by atoms with Crippen LogP contribution in [0.2, 0.25) is 0 Å². The third-order valence-electron chi connectivity index (χ3n) is 8.43. The summed E-state index contributed by atoms with van der Waals surface area (Å²) in [5.41, 5.74) is 5.21. The molecule has 0 amide bonds. The maximum Gasteiger partial charge on any atom is 0.144 e. The van der Waals surface area contributed by atoms with Crippen LogP contribution in [0.15, 0.2) is 83.3 Å². The molecule has 0 radical (unpaired) electrons. The molecule has 1 heterocycles. The molecule has 1 saturated heterocycles. The van der Waals surface area contributed by atoms with Crippen LogP contribution in [-0.2, 0) is 0 Å². The van der Waals surface area contributed by atoms with Crippen molar-refractivity contribution < 1.29 is 4.39 Å². The zero-order valence-corrected chi connectivity index (χ0v) is 22.0. The highest BCUT2D eigenvalue weighted by Gasteiger charge is 2.52. The number of allylic oxidation sites excluding steroid dienone is 5. The van der Waals surface area contributed by atoms with Gasteiger partial charge in [-0.05, 0) is 93.3 Å². The Morgan fingerprint density at radius 2 is 1.86 bits per heavy atom. The molecule has 5 heteroatoms. The van der Waals surface area contributed by atoms with Gasteiger partial charge in [-0.25, -0.2) is 4.39 Å². The molecule has 3 N–H and O–H groups in total. The molecule has 0 aromatic heterocycles. The molecule has 190 valence electrons. The third-order valence-corrected chi connectivity index (χ3v) is 8.76. The average molecular weight is 506 g/mol. The molecule has 1 saturated carbocycles. The molecule has 2 fully saturated rings. The lowest BCUT2D eigenvalue weighted by Gasteiger charge is -2.38. The van der Waals surface area contributed by atoms with Crippen molar-refractivity contribution in [3.8, 4) is 0 Å². The van der Waals surface area contributed by atoms with Crippen LogP contribution in [0, 0.1) is 31.6 Å². The van der Waals surface area contributed by atoms with Crippen LogP contribution in [0.1, 0.15) is 43.2 Å². The summed E-state index contributed by atoms with van der Waals surface area (Å²) in [4.78, 5) is 0. The van der Waals surface area contributed by atoms with Crippen molar-refractivity contribution in [3.63, 3.8) is 0 Å². The van der Waals surface area contributed by atoms with E-state index < -0.39 is 0 Å². The van der Waals surface area contributed by atoms with Gasteiger partial charge in [-0.1, -0.05) is 60.3 Å². The zero-order valence-electron chi connectivity index (χ0n) is 21.3. The van der Waals surface area contributed by atoms with Gasteiger partial charge in [0.05, 0.1) is 0 Å². The molecule has 5 rings (SSSR count). The van der Waals surface area contributed by atoms with E-state index in [9.17, 15) is 0 Å². The van der Waals surface area contributed by atoms with E-state index in [4.69, 9.17) is 11.6 Å². The largest absolute Gasteiger partial charge is 0.385 e. The monoisotopic (exact) mass is 505 g/mol. The summed E-state index contributed by atoms with van der Waals surface area (Å²) in [6.07, 6.45) is 11.1. The van der Waals surface area contributed by atoms with E-state index in [0.717, 1.165) is 30.9 Å². The van der Waals surface area contributed by atoms with Gasteiger partial charge in [0.2, 0.25) is 0 Å². The molecule has 2 aromatic carbocycles. The lowest BCUT2D eigenvalue weighted by Crippen LogP contribution is -2.45. The Labute approximate surface area is 219 Å². The number of hydrogen-bond acceptors (Lipinski definition) is 3. The summed E-state index contributed by atoms with van der Waals surface area (Å²) in [7, 11) is 0. The molecule has 0 bridgehead atoms. The highest BCUT2D eigenvalue weighted by Crippen LogP contribution is 2.50. The summed E-state index contributed by atoms with van der Waals surface area (Å²) in [6, 6.07) is 16.5. The van der Waals surface area contributed by atoms with E-state index in [1.807, 2.05) is 37.3 Å². The van der Waals surface area contributed by atoms with Crippen molar-refractivity contribution >= 4 is 23.0 Å². The molecule has 2 aliphatic carbocycles. The summed E-state index contributed by atoms with van der Waals surface area (Å²) in [5, 5.41) is 11.3. The number of anilines is 2. The summed E-state index contributed by atoms with van der Waals surface area (Å²) in [5.74, 6) is 0.463. The van der Waals surface area contributed by atoms with E-state index in [2.05, 4.69) is 53.2 Å². The number of benzene rings is 2. The topological polar surface area (TPSA) is 36.1 Å². The highest BCUT2D eigenvalue weighted by atomic mass is 35.5. The van der Waals surface area contributed by atoms with E-state index in [1.54, 1.807) is 0 Å². The lowest BCUT2D eigenvalue weighted by molar-refractivity contribution is 0.225. The van der Waals surface area contributed by atoms with E-state index in [1.165, 1.54) is 43.0 Å². The van der Waals surface area contributed by atoms with Gasteiger partial charge in [0.15, 0.2) is 0 Å². The first-order valence-corrected chi connectivity index (χ1v) is 13.6. The van der Waals surface area contributed by atoms with E-state index >= 15 is 4.39 Å². The van der Waals surface area contributed by atoms with E-state index in [0.29, 0.717) is 22.4 Å². The molecule has 3 unspecified atom stereocenters. The molecule has 3 atom stereocenters. The molecule has 2 aromatic rings. The Balaban J connectivity index is 1.40. The standard InChI is InChI=1S/C31H37ClFN3/c1-21-11-13-23(14-12-21)35-20-29(33)30-25(9-6-10-28(30)32)26-18-36-31(15-3-4-16-31)27(26)19-34-24-8-5-7-22(2)17-24/h5-8,10-14,17,20,25-27,34-36H,3-4,9,15-16,18-19H2,1-2H3/b29-20-. The van der Waals surface area contributed by atoms with Gasteiger partial charge >= 0.3 is 0 Å². The first-order valence-electron chi connectivity index (χ1n) is 13.3. The summed E-state index contributed by atoms with van der Waals surface area (Å²) in [6.45, 7) is 5.93. The van der Waals surface area contributed by atoms with Gasteiger partial charge in [0.1, 0.15) is 5.83 Å². The first kappa shape index (κ1) is 25.1. The van der Waals surface area contributed by atoms with Crippen molar-refractivity contribution in [2.24, 2.45) is 17.8 Å². The minimum Gasteiger partial charge on any atom is -0.385 e. The van der Waals surface area contributed by atoms with Crippen molar-refractivity contribution in [3.05, 3.63) is 94.4 Å². The van der Waals surface area contributed by atoms with Crippen LogP contribution in [0.3, 0.4) is 0 Å². The fraction of sp³-hybridized carbons (Fsp3) is 0.419. The van der Waals surface area contributed by atoms with Crippen LogP contribution < -0.4 is 16.0 Å². The highest BCUT2D eigenvalue weighted by molar-refractivity contribution is 6.32. The second-order valence-corrected chi connectivity index (χ2v) is 11.2. The number of aryl methyl sites for hydroxylation is 2. The van der Waals surface area contributed by atoms with Crippen molar-refractivity contribution in [2.75, 3.05) is 23.7 Å². The first-order chi connectivity index (χ1) is 17.4. The SMILES string of the molecule is Cc1ccc(N/C=C(\F)C2=C(Cl)C=CCC2C2CNC3(CCCC3)C2CNc2cccc(C)c2)cc1. The third kappa shape index (κ3) is 5.26. The Morgan fingerprint density at radius 1 is 1.08 bits per heavy atom. The summed E-state index contributed by atoms with van der Waals surface area (Å²) >= 11 is 6.69. The fourth-order valence-electron chi connectivity index (χ4n) is 6.57. The predicted octanol–water partition coefficient (Wildman–Crippen LogP) is 7.86. The second kappa shape index (κ2) is 10.8. The van der Waals surface area contributed by atoms with Gasteiger partial charge in [0, 0.05) is 40.3 Å². The molecule has 1 aliphatic heterocycles. The Hall–Kier alpha value is -2.56. The number of nitrogens with one attached hydrogen (secondary N) is 3. The number of rotatable bonds is 7. The smallest absolute Gasteiger partial charge is 0.144 e. The predicted molar refractivity (Wildman–Crippen MR) is 150 cm³/mol. The van der Waals surface area contributed by atoms with Gasteiger partial charge in [-0.15, -0.1) is 0 Å². The van der Waals surface area contributed by atoms with Crippen LogP contribution in [-0.4, -0.2) is 18.6 Å². The maximum atomic E-state index is 15.8. The minimum absolute atomic E-state index is 0.0374. The second-order valence-electron chi connectivity index (χ2n) is 10.8. The average Bonchev–Trinajstić information content (AvgIpc) is 3.49.